The van der Waals surface area contributed by atoms with Crippen molar-refractivity contribution in [3.8, 4) is 0 Å². The third-order valence-corrected chi connectivity index (χ3v) is 3.73. The molecule has 1 heterocycles. The van der Waals surface area contributed by atoms with Crippen molar-refractivity contribution in [3.05, 3.63) is 16.1 Å². The number of carboxylic acids is 1. The number of nitrogens with zero attached hydrogens (tertiary/aromatic N) is 1. The molecule has 6 nitrogen and oxygen atoms in total. The summed E-state index contributed by atoms with van der Waals surface area (Å²) in [6.07, 6.45) is 2.37. The molecule has 0 radical (unpaired) electrons. The van der Waals surface area contributed by atoms with Crippen LogP contribution in [0.5, 0.6) is 0 Å². The largest absolute Gasteiger partial charge is 0.476 e. The molecule has 1 fully saturated rings. The van der Waals surface area contributed by atoms with E-state index < -0.39 is 5.97 Å². The van der Waals surface area contributed by atoms with Gasteiger partial charge in [-0.05, 0) is 25.7 Å². The van der Waals surface area contributed by atoms with Gasteiger partial charge in [0.15, 0.2) is 5.69 Å². The fourth-order valence-electron chi connectivity index (χ4n) is 1.45. The van der Waals surface area contributed by atoms with Gasteiger partial charge < -0.3 is 15.7 Å². The number of hydrogen-bond acceptors (Lipinski definition) is 4. The summed E-state index contributed by atoms with van der Waals surface area (Å²) in [5.74, 6) is -0.424. The lowest BCUT2D eigenvalue weighted by molar-refractivity contribution is 0.0691. The van der Waals surface area contributed by atoms with Crippen LogP contribution in [0.25, 0.3) is 0 Å². The fourth-order valence-corrected chi connectivity index (χ4v) is 2.25. The topological polar surface area (TPSA) is 91.3 Å². The summed E-state index contributed by atoms with van der Waals surface area (Å²) >= 11 is 1.23. The molecule has 1 unspecified atom stereocenters. The van der Waals surface area contributed by atoms with Crippen LogP contribution < -0.4 is 10.6 Å². The average Bonchev–Trinajstić information content (AvgIpc) is 3.00. The zero-order valence-electron chi connectivity index (χ0n) is 9.97. The summed E-state index contributed by atoms with van der Waals surface area (Å²) in [6, 6.07) is -0.524. The maximum atomic E-state index is 11.5. The Bertz CT molecular complexity index is 456. The van der Waals surface area contributed by atoms with E-state index in [1.807, 2.05) is 0 Å². The van der Waals surface area contributed by atoms with Crippen molar-refractivity contribution in [1.82, 2.24) is 15.6 Å². The first-order valence-corrected chi connectivity index (χ1v) is 6.67. The molecule has 0 bridgehead atoms. The molecule has 1 aliphatic rings. The molecule has 1 aromatic rings. The number of hydrogen-bond donors (Lipinski definition) is 3. The van der Waals surface area contributed by atoms with Gasteiger partial charge in [-0.15, -0.1) is 11.3 Å². The number of carbonyl (C=O) groups excluding carboxylic acids is 1. The Morgan fingerprint density at radius 1 is 1.61 bits per heavy atom. The Morgan fingerprint density at radius 2 is 2.33 bits per heavy atom. The Kier molecular flexibility index (Phi) is 3.81. The number of aromatic nitrogens is 1. The van der Waals surface area contributed by atoms with Crippen LogP contribution in [0.1, 0.15) is 41.3 Å². The summed E-state index contributed by atoms with van der Waals surface area (Å²) in [5, 5.41) is 16.3. The van der Waals surface area contributed by atoms with Crippen LogP contribution in [-0.2, 0) is 0 Å². The van der Waals surface area contributed by atoms with E-state index in [1.54, 1.807) is 6.92 Å². The summed E-state index contributed by atoms with van der Waals surface area (Å²) in [4.78, 5) is 26.2. The second-order valence-corrected chi connectivity index (χ2v) is 5.29. The van der Waals surface area contributed by atoms with E-state index in [0.717, 1.165) is 0 Å². The van der Waals surface area contributed by atoms with E-state index in [1.165, 1.54) is 29.6 Å². The monoisotopic (exact) mass is 269 g/mol. The van der Waals surface area contributed by atoms with Gasteiger partial charge in [-0.1, -0.05) is 0 Å². The van der Waals surface area contributed by atoms with Crippen LogP contribution in [-0.4, -0.2) is 28.6 Å². The van der Waals surface area contributed by atoms with Gasteiger partial charge in [0.1, 0.15) is 5.01 Å². The van der Waals surface area contributed by atoms with Crippen LogP contribution >= 0.6 is 11.3 Å². The van der Waals surface area contributed by atoms with Gasteiger partial charge >= 0.3 is 12.0 Å². The molecule has 0 aromatic carbocycles. The number of carboxylic acid groups (broad SMARTS) is 1. The Hall–Kier alpha value is -1.63. The van der Waals surface area contributed by atoms with Gasteiger partial charge in [0.2, 0.25) is 0 Å². The quantitative estimate of drug-likeness (QED) is 0.757. The lowest BCUT2D eigenvalue weighted by Gasteiger charge is -2.11. The van der Waals surface area contributed by atoms with Gasteiger partial charge in [-0.3, -0.25) is 0 Å². The summed E-state index contributed by atoms with van der Waals surface area (Å²) in [7, 11) is 0. The molecule has 7 heteroatoms. The Balaban J connectivity index is 1.83. The number of urea groups is 1. The second kappa shape index (κ2) is 5.34. The standard InChI is InChI=1S/C11H15N3O3S/c1-6(9-14-8(5-18-9)10(15)16)13-11(17)12-4-7-2-3-7/h5-7H,2-4H2,1H3,(H,15,16)(H2,12,13,17). The molecule has 2 amide bonds. The Morgan fingerprint density at radius 3 is 2.89 bits per heavy atom. The fraction of sp³-hybridized carbons (Fsp3) is 0.545. The van der Waals surface area contributed by atoms with Crippen molar-refractivity contribution in [2.24, 2.45) is 5.92 Å². The molecule has 1 aromatic heterocycles. The first-order chi connectivity index (χ1) is 8.56. The highest BCUT2D eigenvalue weighted by atomic mass is 32.1. The minimum absolute atomic E-state index is 0.0158. The number of amides is 2. The highest BCUT2D eigenvalue weighted by Gasteiger charge is 2.22. The molecular weight excluding hydrogens is 254 g/mol. The molecule has 3 N–H and O–H groups in total. The van der Waals surface area contributed by atoms with Crippen molar-refractivity contribution in [1.29, 1.82) is 0 Å². The molecule has 1 atom stereocenters. The van der Waals surface area contributed by atoms with Crippen LogP contribution in [0.2, 0.25) is 0 Å². The lowest BCUT2D eigenvalue weighted by Crippen LogP contribution is -2.38. The maximum absolute atomic E-state index is 11.5. The molecular formula is C11H15N3O3S. The van der Waals surface area contributed by atoms with Crippen LogP contribution in [0.15, 0.2) is 5.38 Å². The summed E-state index contributed by atoms with van der Waals surface area (Å²) < 4.78 is 0. The SMILES string of the molecule is CC(NC(=O)NCC1CC1)c1nc(C(=O)O)cs1. The predicted molar refractivity (Wildman–Crippen MR) is 66.7 cm³/mol. The molecule has 0 saturated heterocycles. The zero-order valence-corrected chi connectivity index (χ0v) is 10.8. The smallest absolute Gasteiger partial charge is 0.355 e. The number of nitrogens with one attached hydrogen (secondary N) is 2. The molecule has 0 aliphatic heterocycles. The molecule has 1 aliphatic carbocycles. The second-order valence-electron chi connectivity index (χ2n) is 4.40. The van der Waals surface area contributed by atoms with Gasteiger partial charge in [0, 0.05) is 11.9 Å². The molecule has 0 spiro atoms. The van der Waals surface area contributed by atoms with Gasteiger partial charge in [-0.25, -0.2) is 14.6 Å². The zero-order chi connectivity index (χ0) is 13.1. The van der Waals surface area contributed by atoms with Crippen LogP contribution in [0.4, 0.5) is 4.79 Å². The average molecular weight is 269 g/mol. The molecule has 2 rings (SSSR count). The van der Waals surface area contributed by atoms with E-state index in [2.05, 4.69) is 15.6 Å². The van der Waals surface area contributed by atoms with Crippen molar-refractivity contribution in [2.45, 2.75) is 25.8 Å². The number of thiazole rings is 1. The summed E-state index contributed by atoms with van der Waals surface area (Å²) in [6.45, 7) is 2.48. The van der Waals surface area contributed by atoms with E-state index >= 15 is 0 Å². The van der Waals surface area contributed by atoms with Crippen molar-refractivity contribution < 1.29 is 14.7 Å². The Labute approximate surface area is 108 Å². The van der Waals surface area contributed by atoms with Crippen molar-refractivity contribution >= 4 is 23.3 Å². The molecule has 18 heavy (non-hydrogen) atoms. The third-order valence-electron chi connectivity index (χ3n) is 2.71. The maximum Gasteiger partial charge on any atom is 0.355 e. The lowest BCUT2D eigenvalue weighted by atomic mass is 10.3. The van der Waals surface area contributed by atoms with Crippen molar-refractivity contribution in [2.75, 3.05) is 6.54 Å². The van der Waals surface area contributed by atoms with E-state index in [9.17, 15) is 9.59 Å². The van der Waals surface area contributed by atoms with Gasteiger partial charge in [0.05, 0.1) is 6.04 Å². The third kappa shape index (κ3) is 3.43. The first kappa shape index (κ1) is 12.8. The highest BCUT2D eigenvalue weighted by molar-refractivity contribution is 7.09. The van der Waals surface area contributed by atoms with E-state index in [0.29, 0.717) is 17.5 Å². The van der Waals surface area contributed by atoms with Crippen molar-refractivity contribution in [3.63, 3.8) is 0 Å². The molecule has 98 valence electrons. The summed E-state index contributed by atoms with van der Waals surface area (Å²) in [5.41, 5.74) is 0.0158. The minimum atomic E-state index is -1.05. The van der Waals surface area contributed by atoms with Gasteiger partial charge in [0.25, 0.3) is 0 Å². The number of carbonyl (C=O) groups is 2. The number of aromatic carboxylic acids is 1. The normalized spacial score (nSPS) is 16.1. The number of rotatable bonds is 5. The van der Waals surface area contributed by atoms with E-state index in [-0.39, 0.29) is 17.8 Å². The highest BCUT2D eigenvalue weighted by Crippen LogP contribution is 2.27. The minimum Gasteiger partial charge on any atom is -0.476 e. The van der Waals surface area contributed by atoms with E-state index in [4.69, 9.17) is 5.11 Å². The molecule has 1 saturated carbocycles. The van der Waals surface area contributed by atoms with Crippen LogP contribution in [0, 0.1) is 5.92 Å². The van der Waals surface area contributed by atoms with Gasteiger partial charge in [-0.2, -0.15) is 0 Å². The predicted octanol–water partition coefficient (Wildman–Crippen LogP) is 1.61. The van der Waals surface area contributed by atoms with Crippen LogP contribution in [0.3, 0.4) is 0 Å². The first-order valence-electron chi connectivity index (χ1n) is 5.79.